The van der Waals surface area contributed by atoms with Gasteiger partial charge >= 0.3 is 152 Å². The molecule has 0 unspecified atom stereocenters. The monoisotopic (exact) mass is 430 g/mol. The summed E-state index contributed by atoms with van der Waals surface area (Å²) in [4.78, 5) is 12.3. The summed E-state index contributed by atoms with van der Waals surface area (Å²) in [5.41, 5.74) is 0. The summed E-state index contributed by atoms with van der Waals surface area (Å²) in [5.74, 6) is 0. The molecule has 4 heteroatoms. The summed E-state index contributed by atoms with van der Waals surface area (Å²) in [7, 11) is 1.95. The molecular formula is C19H17ClOPRh. The summed E-state index contributed by atoms with van der Waals surface area (Å²) in [6, 6.07) is 31.6. The fourth-order valence-electron chi connectivity index (χ4n) is 2.81. The summed E-state index contributed by atoms with van der Waals surface area (Å²) in [6.45, 7) is 0. The second-order valence-corrected chi connectivity index (χ2v) is 8.61. The van der Waals surface area contributed by atoms with E-state index in [4.69, 9.17) is 0 Å². The Labute approximate surface area is 151 Å². The van der Waals surface area contributed by atoms with Crippen LogP contribution in [-0.2, 0) is 22.1 Å². The molecule has 120 valence electrons. The van der Waals surface area contributed by atoms with Crippen LogP contribution < -0.4 is 15.9 Å². The Morgan fingerprint density at radius 3 is 1.09 bits per heavy atom. The van der Waals surface area contributed by atoms with Crippen molar-refractivity contribution in [1.82, 2.24) is 0 Å². The molecule has 0 aliphatic carbocycles. The maximum atomic E-state index is 12.3. The van der Waals surface area contributed by atoms with E-state index >= 15 is 0 Å². The Balaban J connectivity index is 0.000000924. The third-order valence-electron chi connectivity index (χ3n) is 3.86. The van der Waals surface area contributed by atoms with Crippen LogP contribution >= 0.6 is 17.0 Å². The van der Waals surface area contributed by atoms with Crippen molar-refractivity contribution in [3.63, 3.8) is 0 Å². The second kappa shape index (κ2) is 9.09. The molecular weight excluding hydrogens is 414 g/mol. The average molecular weight is 431 g/mol. The zero-order chi connectivity index (χ0) is 16.5. The van der Waals surface area contributed by atoms with Gasteiger partial charge in [-0.05, 0) is 0 Å². The third-order valence-corrected chi connectivity index (χ3v) is 7.95. The molecule has 0 radical (unpaired) electrons. The van der Waals surface area contributed by atoms with Gasteiger partial charge in [-0.3, -0.25) is 0 Å². The van der Waals surface area contributed by atoms with Crippen molar-refractivity contribution in [2.24, 2.45) is 0 Å². The van der Waals surface area contributed by atoms with Gasteiger partial charge in [-0.15, -0.1) is 0 Å². The Kier molecular flexibility index (Phi) is 7.12. The molecule has 1 nitrogen and oxygen atoms in total. The van der Waals surface area contributed by atoms with Crippen molar-refractivity contribution < 1.29 is 22.1 Å². The second-order valence-electron chi connectivity index (χ2n) is 5.02. The Hall–Kier alpha value is -1.33. The number of hydrogen-bond acceptors (Lipinski definition) is 1. The van der Waals surface area contributed by atoms with E-state index in [1.54, 1.807) is 0 Å². The van der Waals surface area contributed by atoms with Crippen molar-refractivity contribution in [1.29, 1.82) is 0 Å². The standard InChI is InChI=1S/C19H17OP.ClH.Rh/c20-16-21(17-10-4-1-5-11-17,18-12-6-2-7-13-18)19-14-8-3-9-15-19;;/h1-16,21H;1H;/q;;+1/p-1. The van der Waals surface area contributed by atoms with Gasteiger partial charge < -0.3 is 0 Å². The first-order valence-electron chi connectivity index (χ1n) is 7.13. The molecule has 0 spiro atoms. The van der Waals surface area contributed by atoms with Crippen LogP contribution in [0.5, 0.6) is 0 Å². The number of halogens is 1. The number of rotatable bonds is 4. The van der Waals surface area contributed by atoms with Crippen LogP contribution in [-0.4, -0.2) is 6.03 Å². The van der Waals surface area contributed by atoms with Crippen molar-refractivity contribution in [2.75, 3.05) is 0 Å². The first kappa shape index (κ1) is 18.0. The Morgan fingerprint density at radius 1 is 0.609 bits per heavy atom. The fraction of sp³-hybridized carbons (Fsp3) is 0. The molecule has 0 atom stereocenters. The molecule has 0 aliphatic rings. The van der Waals surface area contributed by atoms with E-state index in [0.717, 1.165) is 15.9 Å². The van der Waals surface area contributed by atoms with Gasteiger partial charge in [0.25, 0.3) is 0 Å². The average Bonchev–Trinajstić information content (AvgIpc) is 2.67. The number of carbonyl (C=O) groups excluding carboxylic acids is 1. The fourth-order valence-corrected chi connectivity index (χ4v) is 6.37. The molecule has 3 rings (SSSR count). The van der Waals surface area contributed by atoms with Gasteiger partial charge in [-0.25, -0.2) is 0 Å². The van der Waals surface area contributed by atoms with Gasteiger partial charge in [0, 0.05) is 0 Å². The van der Waals surface area contributed by atoms with Gasteiger partial charge in [-0.2, -0.15) is 0 Å². The number of carbonyl (C=O) groups is 1. The molecule has 0 amide bonds. The SMILES string of the molecule is O=C[PH](c1ccccc1)(c1ccccc1)c1ccccc1.[Cl][Rh]. The van der Waals surface area contributed by atoms with Crippen molar-refractivity contribution in [3.05, 3.63) is 91.0 Å². The summed E-state index contributed by atoms with van der Waals surface area (Å²) in [5, 5.41) is 3.37. The van der Waals surface area contributed by atoms with Crippen LogP contribution in [0.3, 0.4) is 0 Å². The Bertz CT molecular complexity index is 623. The molecule has 0 bridgehead atoms. The number of benzene rings is 3. The first-order chi connectivity index (χ1) is 11.4. The van der Waals surface area contributed by atoms with E-state index in [2.05, 4.69) is 46.1 Å². The molecule has 0 heterocycles. The number of hydrogen-bond donors (Lipinski definition) is 0. The van der Waals surface area contributed by atoms with Crippen LogP contribution in [0.1, 0.15) is 0 Å². The summed E-state index contributed by atoms with van der Waals surface area (Å²) in [6.07, 6.45) is 0. The normalized spacial score (nSPS) is 11.1. The molecule has 0 saturated heterocycles. The summed E-state index contributed by atoms with van der Waals surface area (Å²) >= 11 is 2.02. The zero-order valence-corrected chi connectivity index (χ0v) is 15.8. The minimum absolute atomic E-state index is 1.12. The maximum absolute atomic E-state index is 12.3. The molecule has 0 fully saturated rings. The van der Waals surface area contributed by atoms with E-state index < -0.39 is 7.26 Å². The van der Waals surface area contributed by atoms with Crippen LogP contribution in [0.4, 0.5) is 0 Å². The topological polar surface area (TPSA) is 17.1 Å². The molecule has 0 aromatic heterocycles. The van der Waals surface area contributed by atoms with E-state index in [9.17, 15) is 4.79 Å². The Morgan fingerprint density at radius 2 is 0.870 bits per heavy atom. The van der Waals surface area contributed by atoms with Gasteiger partial charge in [0.2, 0.25) is 0 Å². The predicted octanol–water partition coefficient (Wildman–Crippen LogP) is 3.59. The van der Waals surface area contributed by atoms with E-state index in [-0.39, 0.29) is 0 Å². The van der Waals surface area contributed by atoms with Gasteiger partial charge in [-0.1, -0.05) is 0 Å². The van der Waals surface area contributed by atoms with E-state index in [1.807, 2.05) is 71.9 Å². The quantitative estimate of drug-likeness (QED) is 0.351. The first-order valence-corrected chi connectivity index (χ1v) is 11.3. The predicted molar refractivity (Wildman–Crippen MR) is 99.1 cm³/mol. The molecule has 0 saturated carbocycles. The van der Waals surface area contributed by atoms with Crippen molar-refractivity contribution in [2.45, 2.75) is 0 Å². The van der Waals surface area contributed by atoms with Crippen LogP contribution in [0.15, 0.2) is 91.0 Å². The molecule has 0 aliphatic heterocycles. The van der Waals surface area contributed by atoms with Gasteiger partial charge in [0.05, 0.1) is 0 Å². The van der Waals surface area contributed by atoms with Crippen LogP contribution in [0.2, 0.25) is 0 Å². The van der Waals surface area contributed by atoms with Crippen LogP contribution in [0.25, 0.3) is 0 Å². The molecule has 3 aromatic rings. The molecule has 3 aromatic carbocycles. The molecule has 0 N–H and O–H groups in total. The van der Waals surface area contributed by atoms with Gasteiger partial charge in [0.15, 0.2) is 0 Å². The minimum atomic E-state index is -2.58. The summed E-state index contributed by atoms with van der Waals surface area (Å²) < 4.78 is 0. The van der Waals surface area contributed by atoms with E-state index in [0.29, 0.717) is 0 Å². The van der Waals surface area contributed by atoms with Crippen molar-refractivity contribution >= 4 is 38.9 Å². The molecule has 23 heavy (non-hydrogen) atoms. The van der Waals surface area contributed by atoms with Gasteiger partial charge in [0.1, 0.15) is 0 Å². The van der Waals surface area contributed by atoms with Crippen LogP contribution in [0, 0.1) is 0 Å². The zero-order valence-electron chi connectivity index (χ0n) is 12.4. The third kappa shape index (κ3) is 3.78. The van der Waals surface area contributed by atoms with E-state index in [1.165, 1.54) is 6.03 Å². The van der Waals surface area contributed by atoms with Crippen molar-refractivity contribution in [3.8, 4) is 0 Å².